The largest absolute Gasteiger partial charge is 0.347 e. The SMILES string of the molecule is CN(C)c1nc(CNC(=O)c2ccncc2F)nc(N2CCCCC2)n1. The summed E-state index contributed by atoms with van der Waals surface area (Å²) in [6.07, 6.45) is 5.81. The van der Waals surface area contributed by atoms with Crippen molar-refractivity contribution in [3.63, 3.8) is 0 Å². The van der Waals surface area contributed by atoms with Crippen LogP contribution in [-0.4, -0.2) is 53.0 Å². The number of rotatable bonds is 5. The van der Waals surface area contributed by atoms with Crippen LogP contribution in [0.3, 0.4) is 0 Å². The van der Waals surface area contributed by atoms with Crippen molar-refractivity contribution in [3.05, 3.63) is 35.7 Å². The van der Waals surface area contributed by atoms with E-state index in [0.717, 1.165) is 32.1 Å². The summed E-state index contributed by atoms with van der Waals surface area (Å²) in [5, 5.41) is 2.66. The first-order chi connectivity index (χ1) is 12.5. The van der Waals surface area contributed by atoms with Crippen molar-refractivity contribution in [2.75, 3.05) is 37.0 Å². The number of anilines is 2. The van der Waals surface area contributed by atoms with Crippen LogP contribution in [0.1, 0.15) is 35.4 Å². The van der Waals surface area contributed by atoms with E-state index in [1.54, 1.807) is 4.90 Å². The third-order valence-corrected chi connectivity index (χ3v) is 4.12. The first-order valence-electron chi connectivity index (χ1n) is 8.59. The van der Waals surface area contributed by atoms with E-state index in [1.165, 1.54) is 18.7 Å². The Morgan fingerprint density at radius 2 is 2.00 bits per heavy atom. The third-order valence-electron chi connectivity index (χ3n) is 4.12. The van der Waals surface area contributed by atoms with Crippen LogP contribution >= 0.6 is 0 Å². The lowest BCUT2D eigenvalue weighted by Crippen LogP contribution is -2.33. The number of nitrogens with one attached hydrogen (secondary N) is 1. The second kappa shape index (κ2) is 8.03. The Morgan fingerprint density at radius 1 is 1.23 bits per heavy atom. The molecule has 0 radical (unpaired) electrons. The number of carbonyl (C=O) groups is 1. The summed E-state index contributed by atoms with van der Waals surface area (Å²) in [5.74, 6) is 0.384. The Balaban J connectivity index is 1.77. The molecule has 0 bridgehead atoms. The quantitative estimate of drug-likeness (QED) is 0.863. The Morgan fingerprint density at radius 3 is 2.69 bits per heavy atom. The van der Waals surface area contributed by atoms with Crippen LogP contribution in [0, 0.1) is 5.82 Å². The predicted octanol–water partition coefficient (Wildman–Crippen LogP) is 1.39. The van der Waals surface area contributed by atoms with Gasteiger partial charge in [-0.05, 0) is 25.3 Å². The van der Waals surface area contributed by atoms with E-state index in [2.05, 4.69) is 30.2 Å². The summed E-state index contributed by atoms with van der Waals surface area (Å²) < 4.78 is 13.7. The Kier molecular flexibility index (Phi) is 5.55. The molecule has 1 saturated heterocycles. The average Bonchev–Trinajstić information content (AvgIpc) is 2.67. The molecular weight excluding hydrogens is 337 g/mol. The van der Waals surface area contributed by atoms with Crippen LogP contribution in [0.5, 0.6) is 0 Å². The van der Waals surface area contributed by atoms with E-state index in [0.29, 0.717) is 17.7 Å². The van der Waals surface area contributed by atoms with Gasteiger partial charge in [0.2, 0.25) is 11.9 Å². The molecule has 1 N–H and O–H groups in total. The molecule has 2 aromatic rings. The highest BCUT2D eigenvalue weighted by Gasteiger charge is 2.18. The summed E-state index contributed by atoms with van der Waals surface area (Å²) in [6.45, 7) is 1.90. The molecule has 8 nitrogen and oxygen atoms in total. The van der Waals surface area contributed by atoms with Crippen molar-refractivity contribution in [1.29, 1.82) is 0 Å². The number of piperidine rings is 1. The van der Waals surface area contributed by atoms with Gasteiger partial charge in [0.15, 0.2) is 11.6 Å². The molecule has 1 aliphatic rings. The number of halogens is 1. The molecule has 0 unspecified atom stereocenters. The number of pyridine rings is 1. The van der Waals surface area contributed by atoms with Crippen molar-refractivity contribution in [2.45, 2.75) is 25.8 Å². The fourth-order valence-corrected chi connectivity index (χ4v) is 2.72. The van der Waals surface area contributed by atoms with Crippen LogP contribution in [0.4, 0.5) is 16.3 Å². The fourth-order valence-electron chi connectivity index (χ4n) is 2.72. The minimum Gasteiger partial charge on any atom is -0.347 e. The topological polar surface area (TPSA) is 87.1 Å². The fraction of sp³-hybridized carbons (Fsp3) is 0.471. The molecule has 0 aromatic carbocycles. The van der Waals surface area contributed by atoms with Crippen LogP contribution in [0.25, 0.3) is 0 Å². The number of nitrogens with zero attached hydrogens (tertiary/aromatic N) is 6. The highest BCUT2D eigenvalue weighted by Crippen LogP contribution is 2.18. The van der Waals surface area contributed by atoms with Crippen molar-refractivity contribution in [2.24, 2.45) is 0 Å². The van der Waals surface area contributed by atoms with Crippen molar-refractivity contribution < 1.29 is 9.18 Å². The normalized spacial score (nSPS) is 14.2. The average molecular weight is 359 g/mol. The van der Waals surface area contributed by atoms with E-state index in [9.17, 15) is 9.18 Å². The number of hydrogen-bond donors (Lipinski definition) is 1. The minimum absolute atomic E-state index is 0.0573. The van der Waals surface area contributed by atoms with Crippen molar-refractivity contribution in [3.8, 4) is 0 Å². The highest BCUT2D eigenvalue weighted by atomic mass is 19.1. The van der Waals surface area contributed by atoms with Crippen LogP contribution in [0.2, 0.25) is 0 Å². The van der Waals surface area contributed by atoms with Crippen LogP contribution < -0.4 is 15.1 Å². The molecule has 26 heavy (non-hydrogen) atoms. The van der Waals surface area contributed by atoms with Gasteiger partial charge in [-0.25, -0.2) is 4.39 Å². The van der Waals surface area contributed by atoms with Gasteiger partial charge in [0.25, 0.3) is 5.91 Å². The van der Waals surface area contributed by atoms with Crippen molar-refractivity contribution in [1.82, 2.24) is 25.3 Å². The van der Waals surface area contributed by atoms with Gasteiger partial charge in [-0.3, -0.25) is 9.78 Å². The number of carbonyl (C=O) groups excluding carboxylic acids is 1. The monoisotopic (exact) mass is 359 g/mol. The van der Waals surface area contributed by atoms with E-state index >= 15 is 0 Å². The summed E-state index contributed by atoms with van der Waals surface area (Å²) >= 11 is 0. The maximum atomic E-state index is 13.7. The standard InChI is InChI=1S/C17H22FN7O/c1-24(2)16-21-14(22-17(23-16)25-8-4-3-5-9-25)11-20-15(26)12-6-7-19-10-13(12)18/h6-7,10H,3-5,8-9,11H2,1-2H3,(H,20,26). The molecule has 3 rings (SSSR count). The molecule has 3 heterocycles. The van der Waals surface area contributed by atoms with Crippen molar-refractivity contribution >= 4 is 17.8 Å². The molecule has 0 saturated carbocycles. The van der Waals surface area contributed by atoms with Gasteiger partial charge >= 0.3 is 0 Å². The lowest BCUT2D eigenvalue weighted by molar-refractivity contribution is 0.0945. The number of aromatic nitrogens is 4. The first kappa shape index (κ1) is 18.0. The maximum absolute atomic E-state index is 13.7. The molecule has 138 valence electrons. The van der Waals surface area contributed by atoms with E-state index in [1.807, 2.05) is 14.1 Å². The first-order valence-corrected chi connectivity index (χ1v) is 8.59. The molecule has 1 aliphatic heterocycles. The zero-order valence-electron chi connectivity index (χ0n) is 14.9. The van der Waals surface area contributed by atoms with Gasteiger partial charge in [0.1, 0.15) is 0 Å². The van der Waals surface area contributed by atoms with Crippen LogP contribution in [0.15, 0.2) is 18.5 Å². The van der Waals surface area contributed by atoms with Gasteiger partial charge in [-0.2, -0.15) is 15.0 Å². The summed E-state index contributed by atoms with van der Waals surface area (Å²) in [4.78, 5) is 33.1. The van der Waals surface area contributed by atoms with Crippen LogP contribution in [-0.2, 0) is 6.54 Å². The Hall–Kier alpha value is -2.84. The van der Waals surface area contributed by atoms with E-state index in [4.69, 9.17) is 0 Å². The number of amides is 1. The minimum atomic E-state index is -0.663. The van der Waals surface area contributed by atoms with E-state index in [-0.39, 0.29) is 12.1 Å². The predicted molar refractivity (Wildman–Crippen MR) is 95.6 cm³/mol. The van der Waals surface area contributed by atoms with Gasteiger partial charge in [-0.1, -0.05) is 0 Å². The molecule has 9 heteroatoms. The second-order valence-corrected chi connectivity index (χ2v) is 6.33. The molecule has 2 aromatic heterocycles. The molecule has 1 fully saturated rings. The lowest BCUT2D eigenvalue weighted by atomic mass is 10.1. The smallest absolute Gasteiger partial charge is 0.254 e. The van der Waals surface area contributed by atoms with Gasteiger partial charge in [0, 0.05) is 33.4 Å². The van der Waals surface area contributed by atoms with Gasteiger partial charge in [0.05, 0.1) is 18.3 Å². The van der Waals surface area contributed by atoms with E-state index < -0.39 is 11.7 Å². The summed E-state index contributed by atoms with van der Waals surface area (Å²) in [7, 11) is 3.70. The maximum Gasteiger partial charge on any atom is 0.254 e. The molecule has 0 aliphatic carbocycles. The zero-order valence-corrected chi connectivity index (χ0v) is 14.9. The molecule has 0 atom stereocenters. The number of hydrogen-bond acceptors (Lipinski definition) is 7. The molecule has 0 spiro atoms. The zero-order chi connectivity index (χ0) is 18.5. The van der Waals surface area contributed by atoms with Gasteiger partial charge < -0.3 is 15.1 Å². The lowest BCUT2D eigenvalue weighted by Gasteiger charge is -2.27. The highest BCUT2D eigenvalue weighted by molar-refractivity contribution is 5.94. The summed E-state index contributed by atoms with van der Waals surface area (Å²) in [6, 6.07) is 1.34. The Bertz CT molecular complexity index is 777. The Labute approximate surface area is 151 Å². The summed E-state index contributed by atoms with van der Waals surface area (Å²) in [5.41, 5.74) is -0.0573. The van der Waals surface area contributed by atoms with Gasteiger partial charge in [-0.15, -0.1) is 0 Å². The molecular formula is C17H22FN7O. The molecule has 1 amide bonds. The second-order valence-electron chi connectivity index (χ2n) is 6.33. The third kappa shape index (κ3) is 4.22.